The van der Waals surface area contributed by atoms with E-state index in [-0.39, 0.29) is 5.78 Å². The summed E-state index contributed by atoms with van der Waals surface area (Å²) in [5, 5.41) is 4.15. The average Bonchev–Trinajstić information content (AvgIpc) is 2.69. The molecule has 0 radical (unpaired) electrons. The van der Waals surface area contributed by atoms with Crippen molar-refractivity contribution in [3.05, 3.63) is 51.8 Å². The number of aryl methyl sites for hydroxylation is 2. The number of hydrogen-bond acceptors (Lipinski definition) is 2. The van der Waals surface area contributed by atoms with Gasteiger partial charge in [-0.1, -0.05) is 23.8 Å². The lowest BCUT2D eigenvalue weighted by Gasteiger charge is -2.05. The quantitative estimate of drug-likeness (QED) is 0.814. The van der Waals surface area contributed by atoms with Crippen LogP contribution in [0.3, 0.4) is 0 Å². The molecule has 3 nitrogen and oxygen atoms in total. The Kier molecular flexibility index (Phi) is 3.43. The van der Waals surface area contributed by atoms with E-state index in [9.17, 15) is 4.79 Å². The van der Waals surface area contributed by atoms with Gasteiger partial charge in [-0.2, -0.15) is 5.10 Å². The van der Waals surface area contributed by atoms with Crippen molar-refractivity contribution >= 4 is 21.7 Å². The molecule has 0 amide bonds. The van der Waals surface area contributed by atoms with Crippen LogP contribution in [0, 0.1) is 6.92 Å². The van der Waals surface area contributed by atoms with Crippen LogP contribution in [0.15, 0.2) is 34.9 Å². The van der Waals surface area contributed by atoms with Gasteiger partial charge in [-0.25, -0.2) is 0 Å². The standard InChI is InChI=1S/C13H13BrN2O/c1-3-16-12(11(14)8-15-16)13(17)10-6-4-5-9(2)7-10/h4-8H,3H2,1-2H3. The summed E-state index contributed by atoms with van der Waals surface area (Å²) in [5.41, 5.74) is 2.38. The van der Waals surface area contributed by atoms with E-state index in [2.05, 4.69) is 21.0 Å². The minimum absolute atomic E-state index is 0.0000694. The average molecular weight is 293 g/mol. The fourth-order valence-corrected chi connectivity index (χ4v) is 2.23. The lowest BCUT2D eigenvalue weighted by Crippen LogP contribution is -2.11. The molecule has 1 aromatic carbocycles. The van der Waals surface area contributed by atoms with E-state index >= 15 is 0 Å². The largest absolute Gasteiger partial charge is 0.287 e. The Hall–Kier alpha value is -1.42. The summed E-state index contributed by atoms with van der Waals surface area (Å²) in [6.45, 7) is 4.62. The van der Waals surface area contributed by atoms with E-state index in [1.54, 1.807) is 10.9 Å². The summed E-state index contributed by atoms with van der Waals surface area (Å²) in [6.07, 6.45) is 1.66. The number of hydrogen-bond donors (Lipinski definition) is 0. The molecular weight excluding hydrogens is 280 g/mol. The molecule has 0 aliphatic carbocycles. The molecule has 0 spiro atoms. The zero-order valence-electron chi connectivity index (χ0n) is 9.77. The van der Waals surface area contributed by atoms with Gasteiger partial charge in [-0.3, -0.25) is 9.48 Å². The number of halogens is 1. The highest BCUT2D eigenvalue weighted by Gasteiger charge is 2.17. The Balaban J connectivity index is 2.47. The van der Waals surface area contributed by atoms with Gasteiger partial charge in [-0.15, -0.1) is 0 Å². The summed E-state index contributed by atoms with van der Waals surface area (Å²) in [4.78, 5) is 12.4. The van der Waals surface area contributed by atoms with Crippen LogP contribution < -0.4 is 0 Å². The Morgan fingerprint density at radius 1 is 1.47 bits per heavy atom. The third-order valence-electron chi connectivity index (χ3n) is 2.59. The summed E-state index contributed by atoms with van der Waals surface area (Å²) < 4.78 is 2.44. The Bertz CT molecular complexity index is 560. The molecule has 0 aliphatic rings. The Morgan fingerprint density at radius 3 is 2.88 bits per heavy atom. The van der Waals surface area contributed by atoms with Gasteiger partial charge in [0.1, 0.15) is 5.69 Å². The maximum atomic E-state index is 12.4. The Labute approximate surface area is 109 Å². The first-order valence-electron chi connectivity index (χ1n) is 5.46. The number of carbonyl (C=O) groups is 1. The second-order valence-corrected chi connectivity index (χ2v) is 4.71. The predicted octanol–water partition coefficient (Wildman–Crippen LogP) is 3.20. The van der Waals surface area contributed by atoms with Crippen molar-refractivity contribution < 1.29 is 4.79 Å². The maximum Gasteiger partial charge on any atom is 0.212 e. The molecule has 0 N–H and O–H groups in total. The SMILES string of the molecule is CCn1ncc(Br)c1C(=O)c1cccc(C)c1. The predicted molar refractivity (Wildman–Crippen MR) is 70.2 cm³/mol. The number of aromatic nitrogens is 2. The van der Waals surface area contributed by atoms with Crippen LogP contribution in [0.2, 0.25) is 0 Å². The first kappa shape index (κ1) is 12.0. The molecule has 1 aromatic heterocycles. The molecule has 0 bridgehead atoms. The lowest BCUT2D eigenvalue weighted by atomic mass is 10.1. The van der Waals surface area contributed by atoms with Gasteiger partial charge < -0.3 is 0 Å². The van der Waals surface area contributed by atoms with Crippen molar-refractivity contribution in [1.82, 2.24) is 9.78 Å². The highest BCUT2D eigenvalue weighted by molar-refractivity contribution is 9.10. The number of benzene rings is 1. The van der Waals surface area contributed by atoms with E-state index in [0.717, 1.165) is 10.0 Å². The smallest absolute Gasteiger partial charge is 0.212 e. The summed E-state index contributed by atoms with van der Waals surface area (Å²) >= 11 is 3.37. The molecule has 2 aromatic rings. The van der Waals surface area contributed by atoms with Crippen LogP contribution in [-0.4, -0.2) is 15.6 Å². The highest BCUT2D eigenvalue weighted by atomic mass is 79.9. The fraction of sp³-hybridized carbons (Fsp3) is 0.231. The molecule has 0 fully saturated rings. The summed E-state index contributed by atoms with van der Waals surface area (Å²) in [6, 6.07) is 7.59. The number of nitrogens with zero attached hydrogens (tertiary/aromatic N) is 2. The zero-order chi connectivity index (χ0) is 12.4. The van der Waals surface area contributed by atoms with Crippen molar-refractivity contribution in [1.29, 1.82) is 0 Å². The minimum atomic E-state index is -0.0000694. The monoisotopic (exact) mass is 292 g/mol. The molecule has 1 heterocycles. The van der Waals surface area contributed by atoms with Crippen molar-refractivity contribution in [2.75, 3.05) is 0 Å². The van der Waals surface area contributed by atoms with Crippen molar-refractivity contribution in [3.8, 4) is 0 Å². The highest BCUT2D eigenvalue weighted by Crippen LogP contribution is 2.20. The molecule has 88 valence electrons. The van der Waals surface area contributed by atoms with E-state index in [0.29, 0.717) is 17.8 Å². The van der Waals surface area contributed by atoms with Crippen LogP contribution in [0.1, 0.15) is 28.5 Å². The van der Waals surface area contributed by atoms with Crippen LogP contribution in [0.5, 0.6) is 0 Å². The summed E-state index contributed by atoms with van der Waals surface area (Å²) in [5.74, 6) is -0.0000694. The van der Waals surface area contributed by atoms with Crippen LogP contribution in [0.4, 0.5) is 0 Å². The summed E-state index contributed by atoms with van der Waals surface area (Å²) in [7, 11) is 0. The van der Waals surface area contributed by atoms with Crippen LogP contribution in [0.25, 0.3) is 0 Å². The molecule has 0 atom stereocenters. The van der Waals surface area contributed by atoms with E-state index in [1.165, 1.54) is 0 Å². The molecule has 0 saturated carbocycles. The Morgan fingerprint density at radius 2 is 2.24 bits per heavy atom. The van der Waals surface area contributed by atoms with E-state index in [1.807, 2.05) is 38.1 Å². The first-order chi connectivity index (χ1) is 8.13. The van der Waals surface area contributed by atoms with Crippen molar-refractivity contribution in [2.45, 2.75) is 20.4 Å². The lowest BCUT2D eigenvalue weighted by molar-refractivity contribution is 0.102. The van der Waals surface area contributed by atoms with E-state index < -0.39 is 0 Å². The normalized spacial score (nSPS) is 10.5. The topological polar surface area (TPSA) is 34.9 Å². The van der Waals surface area contributed by atoms with Gasteiger partial charge in [0.25, 0.3) is 0 Å². The zero-order valence-corrected chi connectivity index (χ0v) is 11.4. The molecule has 4 heteroatoms. The molecule has 0 unspecified atom stereocenters. The van der Waals surface area contributed by atoms with Gasteiger partial charge in [0.15, 0.2) is 0 Å². The van der Waals surface area contributed by atoms with Gasteiger partial charge in [0.2, 0.25) is 5.78 Å². The van der Waals surface area contributed by atoms with Crippen molar-refractivity contribution in [2.24, 2.45) is 0 Å². The molecule has 17 heavy (non-hydrogen) atoms. The third kappa shape index (κ3) is 2.31. The second-order valence-electron chi connectivity index (χ2n) is 3.86. The van der Waals surface area contributed by atoms with Gasteiger partial charge in [0.05, 0.1) is 10.7 Å². The minimum Gasteiger partial charge on any atom is -0.287 e. The van der Waals surface area contributed by atoms with Gasteiger partial charge in [0, 0.05) is 12.1 Å². The number of carbonyl (C=O) groups excluding carboxylic acids is 1. The van der Waals surface area contributed by atoms with Crippen LogP contribution in [-0.2, 0) is 6.54 Å². The second kappa shape index (κ2) is 4.84. The van der Waals surface area contributed by atoms with E-state index in [4.69, 9.17) is 0 Å². The van der Waals surface area contributed by atoms with Crippen LogP contribution >= 0.6 is 15.9 Å². The molecular formula is C13H13BrN2O. The van der Waals surface area contributed by atoms with Gasteiger partial charge in [-0.05, 0) is 35.8 Å². The first-order valence-corrected chi connectivity index (χ1v) is 6.25. The molecule has 2 rings (SSSR count). The van der Waals surface area contributed by atoms with Gasteiger partial charge >= 0.3 is 0 Å². The fourth-order valence-electron chi connectivity index (χ4n) is 1.75. The third-order valence-corrected chi connectivity index (χ3v) is 3.17. The number of rotatable bonds is 3. The molecule has 0 aliphatic heterocycles. The maximum absolute atomic E-state index is 12.4. The molecule has 0 saturated heterocycles. The number of ketones is 1. The van der Waals surface area contributed by atoms with Crippen molar-refractivity contribution in [3.63, 3.8) is 0 Å².